The Balaban J connectivity index is 1.97. The number of amides is 1. The molecular weight excluding hydrogens is 489 g/mol. The molecule has 8 heteroatoms. The number of aromatic hydroxyl groups is 1. The molecule has 0 saturated carbocycles. The van der Waals surface area contributed by atoms with Crippen LogP contribution in [0.1, 0.15) is 42.5 Å². The van der Waals surface area contributed by atoms with Crippen molar-refractivity contribution in [1.29, 1.82) is 0 Å². The Kier molecular flexibility index (Phi) is 6.79. The fourth-order valence-corrected chi connectivity index (χ4v) is 4.79. The van der Waals surface area contributed by atoms with Crippen LogP contribution < -0.4 is 9.64 Å². The van der Waals surface area contributed by atoms with Crippen molar-refractivity contribution >= 4 is 46.3 Å². The Morgan fingerprint density at radius 1 is 1.00 bits per heavy atom. The number of ether oxygens (including phenoxy) is 1. The number of rotatable bonds is 5. The highest BCUT2D eigenvalue weighted by molar-refractivity contribution is 6.52. The van der Waals surface area contributed by atoms with Crippen LogP contribution >= 0.6 is 23.2 Å². The number of phenols is 1. The van der Waals surface area contributed by atoms with Gasteiger partial charge in [0.05, 0.1) is 18.7 Å². The fraction of sp³-hybridized carbons (Fsp3) is 0.185. The lowest BCUT2D eigenvalue weighted by Crippen LogP contribution is -2.29. The minimum Gasteiger partial charge on any atom is -0.508 e. The maximum Gasteiger partial charge on any atom is 0.300 e. The molecule has 1 aliphatic rings. The molecule has 3 aromatic rings. The highest BCUT2D eigenvalue weighted by Gasteiger charge is 2.47. The molecule has 0 aromatic heterocycles. The Labute approximate surface area is 213 Å². The molecule has 4 rings (SSSR count). The minimum atomic E-state index is -1.03. The summed E-state index contributed by atoms with van der Waals surface area (Å²) in [4.78, 5) is 27.8. The van der Waals surface area contributed by atoms with Crippen LogP contribution in [0.15, 0.2) is 66.2 Å². The van der Waals surface area contributed by atoms with E-state index in [0.29, 0.717) is 16.9 Å². The maximum atomic E-state index is 13.3. The van der Waals surface area contributed by atoms with Crippen LogP contribution in [0.5, 0.6) is 11.5 Å². The van der Waals surface area contributed by atoms with E-state index in [0.717, 1.165) is 5.56 Å². The highest BCUT2D eigenvalue weighted by atomic mass is 35.5. The monoisotopic (exact) mass is 511 g/mol. The first-order valence-corrected chi connectivity index (χ1v) is 11.6. The normalized spacial score (nSPS) is 17.3. The molecule has 6 nitrogen and oxygen atoms in total. The number of aliphatic hydroxyl groups excluding tert-OH is 1. The van der Waals surface area contributed by atoms with Crippen LogP contribution in [0.25, 0.3) is 5.76 Å². The summed E-state index contributed by atoms with van der Waals surface area (Å²) in [5.74, 6) is -1.38. The van der Waals surface area contributed by atoms with Crippen LogP contribution in [0.2, 0.25) is 10.0 Å². The number of ketones is 1. The smallest absolute Gasteiger partial charge is 0.300 e. The van der Waals surface area contributed by atoms with Crippen LogP contribution in [-0.4, -0.2) is 29.0 Å². The largest absolute Gasteiger partial charge is 0.508 e. The average Bonchev–Trinajstić information content (AvgIpc) is 3.08. The molecule has 3 aromatic carbocycles. The molecule has 35 heavy (non-hydrogen) atoms. The number of benzene rings is 3. The van der Waals surface area contributed by atoms with Crippen molar-refractivity contribution in [3.05, 3.63) is 93.0 Å². The van der Waals surface area contributed by atoms with E-state index in [1.807, 2.05) is 13.8 Å². The second-order valence-electron chi connectivity index (χ2n) is 8.50. The van der Waals surface area contributed by atoms with Gasteiger partial charge in [0.2, 0.25) is 0 Å². The van der Waals surface area contributed by atoms with E-state index in [-0.39, 0.29) is 38.7 Å². The predicted octanol–water partition coefficient (Wildman–Crippen LogP) is 6.46. The average molecular weight is 512 g/mol. The van der Waals surface area contributed by atoms with Gasteiger partial charge in [-0.15, -0.1) is 0 Å². The summed E-state index contributed by atoms with van der Waals surface area (Å²) in [6, 6.07) is 14.8. The van der Waals surface area contributed by atoms with Crippen molar-refractivity contribution < 1.29 is 24.5 Å². The van der Waals surface area contributed by atoms with Crippen molar-refractivity contribution in [3.63, 3.8) is 0 Å². The number of halogens is 2. The van der Waals surface area contributed by atoms with Crippen molar-refractivity contribution in [2.24, 2.45) is 0 Å². The van der Waals surface area contributed by atoms with E-state index in [9.17, 15) is 19.8 Å². The van der Waals surface area contributed by atoms with E-state index in [1.54, 1.807) is 37.4 Å². The van der Waals surface area contributed by atoms with Crippen molar-refractivity contribution in [2.75, 3.05) is 12.0 Å². The lowest BCUT2D eigenvalue weighted by atomic mass is 9.93. The number of hydrogen-bond donors (Lipinski definition) is 2. The first-order valence-electron chi connectivity index (χ1n) is 10.9. The van der Waals surface area contributed by atoms with Crippen LogP contribution in [0.3, 0.4) is 0 Å². The molecule has 2 N–H and O–H groups in total. The van der Waals surface area contributed by atoms with E-state index in [2.05, 4.69) is 0 Å². The van der Waals surface area contributed by atoms with Gasteiger partial charge in [-0.2, -0.15) is 0 Å². The van der Waals surface area contributed by atoms with Gasteiger partial charge in [-0.05, 0) is 65.6 Å². The van der Waals surface area contributed by atoms with Gasteiger partial charge in [-0.25, -0.2) is 0 Å². The van der Waals surface area contributed by atoms with Crippen molar-refractivity contribution in [2.45, 2.75) is 25.8 Å². The Morgan fingerprint density at radius 2 is 1.69 bits per heavy atom. The second-order valence-corrected chi connectivity index (χ2v) is 9.38. The zero-order valence-corrected chi connectivity index (χ0v) is 20.8. The summed E-state index contributed by atoms with van der Waals surface area (Å²) in [7, 11) is 1.56. The number of Topliss-reactive ketones (excluding diaryl/α,β-unsaturated/α-hetero) is 1. The third-order valence-electron chi connectivity index (χ3n) is 5.88. The number of carbonyl (C=O) groups excluding carboxylic acids is 2. The quantitative estimate of drug-likeness (QED) is 0.233. The van der Waals surface area contributed by atoms with Crippen molar-refractivity contribution in [1.82, 2.24) is 0 Å². The number of nitrogens with zero attached hydrogens (tertiary/aromatic N) is 1. The number of hydrogen-bond acceptors (Lipinski definition) is 5. The molecule has 0 aliphatic carbocycles. The maximum absolute atomic E-state index is 13.3. The Morgan fingerprint density at radius 3 is 2.29 bits per heavy atom. The number of aliphatic hydroxyl groups is 1. The zero-order valence-electron chi connectivity index (χ0n) is 19.3. The SMILES string of the molecule is COc1ccc(/C(O)=C2/C(=O)C(=O)N(c3cc(Cl)cc(Cl)c3)C2c2cccc(O)c2)cc1C(C)C. The molecule has 1 aliphatic heterocycles. The summed E-state index contributed by atoms with van der Waals surface area (Å²) in [5, 5.41) is 22.1. The fourth-order valence-electron chi connectivity index (χ4n) is 4.28. The molecule has 0 bridgehead atoms. The first-order chi connectivity index (χ1) is 16.6. The van der Waals surface area contributed by atoms with E-state index in [4.69, 9.17) is 27.9 Å². The number of methoxy groups -OCH3 is 1. The summed E-state index contributed by atoms with van der Waals surface area (Å²) >= 11 is 12.4. The minimum absolute atomic E-state index is 0.0521. The molecule has 180 valence electrons. The third kappa shape index (κ3) is 4.59. The van der Waals surface area contributed by atoms with E-state index >= 15 is 0 Å². The van der Waals surface area contributed by atoms with Gasteiger partial charge in [0.1, 0.15) is 17.3 Å². The van der Waals surface area contributed by atoms with Crippen LogP contribution in [-0.2, 0) is 9.59 Å². The number of carbonyl (C=O) groups is 2. The Hall–Kier alpha value is -3.48. The van der Waals surface area contributed by atoms with E-state index in [1.165, 1.54) is 35.2 Å². The standard InChI is InChI=1S/C27H23Cl2NO5/c1-14(2)21-10-16(7-8-22(21)35-3)25(32)23-24(15-5-4-6-20(31)9-15)30(27(34)26(23)33)19-12-17(28)11-18(29)13-19/h4-14,24,31-32H,1-3H3/b25-23-. The topological polar surface area (TPSA) is 87.1 Å². The van der Waals surface area contributed by atoms with Gasteiger partial charge < -0.3 is 14.9 Å². The lowest BCUT2D eigenvalue weighted by Gasteiger charge is -2.26. The zero-order chi connectivity index (χ0) is 25.4. The molecule has 0 spiro atoms. The van der Waals surface area contributed by atoms with Crippen LogP contribution in [0.4, 0.5) is 5.69 Å². The molecule has 1 heterocycles. The van der Waals surface area contributed by atoms with Gasteiger partial charge in [-0.1, -0.05) is 49.2 Å². The van der Waals surface area contributed by atoms with Gasteiger partial charge in [-0.3, -0.25) is 14.5 Å². The molecule has 1 saturated heterocycles. The predicted molar refractivity (Wildman–Crippen MR) is 136 cm³/mol. The third-order valence-corrected chi connectivity index (χ3v) is 6.32. The van der Waals surface area contributed by atoms with Gasteiger partial charge in [0.15, 0.2) is 0 Å². The van der Waals surface area contributed by atoms with Gasteiger partial charge in [0.25, 0.3) is 11.7 Å². The summed E-state index contributed by atoms with van der Waals surface area (Å²) in [5.41, 5.74) is 1.80. The Bertz CT molecular complexity index is 1350. The molecule has 1 fully saturated rings. The molecule has 1 amide bonds. The summed E-state index contributed by atoms with van der Waals surface area (Å²) < 4.78 is 5.43. The molecule has 1 unspecified atom stereocenters. The first kappa shape index (κ1) is 24.6. The number of anilines is 1. The summed E-state index contributed by atoms with van der Waals surface area (Å²) in [6.07, 6.45) is 0. The lowest BCUT2D eigenvalue weighted by molar-refractivity contribution is -0.132. The van der Waals surface area contributed by atoms with Gasteiger partial charge >= 0.3 is 0 Å². The summed E-state index contributed by atoms with van der Waals surface area (Å²) in [6.45, 7) is 3.96. The van der Waals surface area contributed by atoms with E-state index < -0.39 is 17.7 Å². The van der Waals surface area contributed by atoms with Crippen LogP contribution in [0, 0.1) is 0 Å². The number of phenolic OH excluding ortho intramolecular Hbond substituents is 1. The molecule has 1 atom stereocenters. The molecule has 0 radical (unpaired) electrons. The van der Waals surface area contributed by atoms with Crippen molar-refractivity contribution in [3.8, 4) is 11.5 Å². The highest BCUT2D eigenvalue weighted by Crippen LogP contribution is 2.44. The second kappa shape index (κ2) is 9.64. The molecular formula is C27H23Cl2NO5. The van der Waals surface area contributed by atoms with Gasteiger partial charge in [0, 0.05) is 21.3 Å².